The average molecular weight is 373 g/mol. The van der Waals surface area contributed by atoms with Gasteiger partial charge in [-0.15, -0.1) is 0 Å². The number of rotatable bonds is 1. The maximum absolute atomic E-state index is 12.9. The Labute approximate surface area is 155 Å². The SMILES string of the molecule is CC1(C)CC(=O)C2=C(C1)OC(N)=C(C#N)C2c1cc2c(cc1Cl)OCO2. The Morgan fingerprint density at radius 3 is 2.65 bits per heavy atom. The van der Waals surface area contributed by atoms with Crippen molar-refractivity contribution < 1.29 is 19.0 Å². The number of nitrogens with two attached hydrogens (primary N) is 1. The lowest BCUT2D eigenvalue weighted by Gasteiger charge is -2.37. The number of halogens is 1. The van der Waals surface area contributed by atoms with Gasteiger partial charge < -0.3 is 19.9 Å². The van der Waals surface area contributed by atoms with Crippen molar-refractivity contribution >= 4 is 17.4 Å². The topological polar surface area (TPSA) is 94.6 Å². The van der Waals surface area contributed by atoms with Crippen LogP contribution in [0.2, 0.25) is 5.02 Å². The number of fused-ring (bicyclic) bond motifs is 1. The standard InChI is InChI=1S/C19H17ClN2O4/c1-19(2)5-12(23)17-15(6-19)26-18(22)10(7-21)16(17)9-3-13-14(4-11(9)20)25-8-24-13/h3-4,16H,5-6,8,22H2,1-2H3. The summed E-state index contributed by atoms with van der Waals surface area (Å²) in [5.41, 5.74) is 6.99. The Kier molecular flexibility index (Phi) is 3.67. The predicted octanol–water partition coefficient (Wildman–Crippen LogP) is 3.52. The highest BCUT2D eigenvalue weighted by molar-refractivity contribution is 6.31. The van der Waals surface area contributed by atoms with Crippen LogP contribution < -0.4 is 15.2 Å². The van der Waals surface area contributed by atoms with Gasteiger partial charge >= 0.3 is 0 Å². The summed E-state index contributed by atoms with van der Waals surface area (Å²) < 4.78 is 16.5. The van der Waals surface area contributed by atoms with Gasteiger partial charge in [-0.25, -0.2) is 0 Å². The van der Waals surface area contributed by atoms with Gasteiger partial charge in [-0.3, -0.25) is 4.79 Å². The molecule has 0 spiro atoms. The Balaban J connectivity index is 1.92. The van der Waals surface area contributed by atoms with E-state index in [0.29, 0.717) is 46.3 Å². The summed E-state index contributed by atoms with van der Waals surface area (Å²) in [6, 6.07) is 5.43. The number of carbonyl (C=O) groups excluding carboxylic acids is 1. The van der Waals surface area contributed by atoms with Gasteiger partial charge in [-0.05, 0) is 17.0 Å². The zero-order valence-corrected chi connectivity index (χ0v) is 15.1. The van der Waals surface area contributed by atoms with Crippen molar-refractivity contribution in [3.8, 4) is 17.6 Å². The van der Waals surface area contributed by atoms with Crippen molar-refractivity contribution in [1.29, 1.82) is 5.26 Å². The molecule has 1 unspecified atom stereocenters. The van der Waals surface area contributed by atoms with E-state index < -0.39 is 5.92 Å². The third kappa shape index (κ3) is 2.51. The summed E-state index contributed by atoms with van der Waals surface area (Å²) in [5.74, 6) is 0.852. The van der Waals surface area contributed by atoms with Crippen LogP contribution in [-0.2, 0) is 9.53 Å². The van der Waals surface area contributed by atoms with Crippen molar-refractivity contribution in [3.05, 3.63) is 45.5 Å². The van der Waals surface area contributed by atoms with E-state index in [1.54, 1.807) is 12.1 Å². The summed E-state index contributed by atoms with van der Waals surface area (Å²) in [7, 11) is 0. The molecule has 0 radical (unpaired) electrons. The van der Waals surface area contributed by atoms with Crippen LogP contribution in [0.5, 0.6) is 11.5 Å². The second-order valence-electron chi connectivity index (χ2n) is 7.43. The Bertz CT molecular complexity index is 940. The predicted molar refractivity (Wildman–Crippen MR) is 93.3 cm³/mol. The lowest BCUT2D eigenvalue weighted by Crippen LogP contribution is -2.33. The minimum Gasteiger partial charge on any atom is -0.454 e. The molecule has 26 heavy (non-hydrogen) atoms. The molecule has 2 N–H and O–H groups in total. The molecule has 1 aliphatic carbocycles. The van der Waals surface area contributed by atoms with Gasteiger partial charge in [0.2, 0.25) is 12.7 Å². The number of carbonyl (C=O) groups is 1. The first kappa shape index (κ1) is 16.8. The zero-order valence-electron chi connectivity index (χ0n) is 14.4. The van der Waals surface area contributed by atoms with Gasteiger partial charge in [-0.1, -0.05) is 25.4 Å². The molecule has 2 aliphatic heterocycles. The summed E-state index contributed by atoms with van der Waals surface area (Å²) in [6.07, 6.45) is 0.929. The fourth-order valence-electron chi connectivity index (χ4n) is 3.75. The molecule has 6 nitrogen and oxygen atoms in total. The van der Waals surface area contributed by atoms with E-state index in [0.717, 1.165) is 0 Å². The maximum atomic E-state index is 12.9. The van der Waals surface area contributed by atoms with Gasteiger partial charge in [0.15, 0.2) is 17.3 Å². The lowest BCUT2D eigenvalue weighted by atomic mass is 9.70. The Morgan fingerprint density at radius 1 is 1.27 bits per heavy atom. The van der Waals surface area contributed by atoms with Crippen molar-refractivity contribution in [1.82, 2.24) is 0 Å². The molecule has 0 fully saturated rings. The molecule has 0 bridgehead atoms. The molecule has 1 aromatic carbocycles. The van der Waals surface area contributed by atoms with Crippen LogP contribution in [0.15, 0.2) is 34.9 Å². The fourth-order valence-corrected chi connectivity index (χ4v) is 4.01. The number of nitriles is 1. The minimum atomic E-state index is -0.672. The fraction of sp³-hybridized carbons (Fsp3) is 0.368. The smallest absolute Gasteiger partial charge is 0.231 e. The third-order valence-electron chi connectivity index (χ3n) is 4.88. The number of hydrogen-bond acceptors (Lipinski definition) is 6. The van der Waals surface area contributed by atoms with Crippen molar-refractivity contribution in [2.75, 3.05) is 6.79 Å². The van der Waals surface area contributed by atoms with Crippen LogP contribution in [0.4, 0.5) is 0 Å². The third-order valence-corrected chi connectivity index (χ3v) is 5.21. The Hall–Kier alpha value is -2.65. The number of hydrogen-bond donors (Lipinski definition) is 1. The zero-order chi connectivity index (χ0) is 18.6. The van der Waals surface area contributed by atoms with Crippen LogP contribution in [0.3, 0.4) is 0 Å². The molecule has 134 valence electrons. The number of Topliss-reactive ketones (excluding diaryl/α,β-unsaturated/α-hetero) is 1. The highest BCUT2D eigenvalue weighted by Gasteiger charge is 2.43. The molecule has 0 saturated carbocycles. The van der Waals surface area contributed by atoms with E-state index in [-0.39, 0.29) is 29.4 Å². The summed E-state index contributed by atoms with van der Waals surface area (Å²) >= 11 is 6.46. The second kappa shape index (κ2) is 5.68. The number of ether oxygens (including phenoxy) is 3. The van der Waals surface area contributed by atoms with Gasteiger partial charge in [0.1, 0.15) is 17.4 Å². The molecular formula is C19H17ClN2O4. The Morgan fingerprint density at radius 2 is 1.96 bits per heavy atom. The molecule has 1 aromatic rings. The van der Waals surface area contributed by atoms with Crippen molar-refractivity contribution in [2.45, 2.75) is 32.6 Å². The van der Waals surface area contributed by atoms with E-state index in [9.17, 15) is 10.1 Å². The second-order valence-corrected chi connectivity index (χ2v) is 7.84. The quantitative estimate of drug-likeness (QED) is 0.810. The molecule has 2 heterocycles. The van der Waals surface area contributed by atoms with Crippen LogP contribution in [0, 0.1) is 16.7 Å². The van der Waals surface area contributed by atoms with Gasteiger partial charge in [0.05, 0.1) is 5.92 Å². The molecule has 7 heteroatoms. The summed E-state index contributed by atoms with van der Waals surface area (Å²) in [5, 5.41) is 10.0. The van der Waals surface area contributed by atoms with Crippen LogP contribution in [-0.4, -0.2) is 12.6 Å². The number of nitrogens with zero attached hydrogens (tertiary/aromatic N) is 1. The van der Waals surface area contributed by atoms with Crippen LogP contribution in [0.25, 0.3) is 0 Å². The van der Waals surface area contributed by atoms with Crippen molar-refractivity contribution in [3.63, 3.8) is 0 Å². The lowest BCUT2D eigenvalue weighted by molar-refractivity contribution is -0.119. The number of ketones is 1. The van der Waals surface area contributed by atoms with Crippen LogP contribution in [0.1, 0.15) is 38.2 Å². The van der Waals surface area contributed by atoms with Gasteiger partial charge in [0.25, 0.3) is 0 Å². The molecular weight excluding hydrogens is 356 g/mol. The number of benzene rings is 1. The van der Waals surface area contributed by atoms with Crippen LogP contribution >= 0.6 is 11.6 Å². The summed E-state index contributed by atoms with van der Waals surface area (Å²) in [6.45, 7) is 4.10. The van der Waals surface area contributed by atoms with Gasteiger partial charge in [-0.2, -0.15) is 5.26 Å². The summed E-state index contributed by atoms with van der Waals surface area (Å²) in [4.78, 5) is 12.9. The number of allylic oxidation sites excluding steroid dienone is 3. The largest absolute Gasteiger partial charge is 0.454 e. The minimum absolute atomic E-state index is 0.00971. The first-order valence-electron chi connectivity index (χ1n) is 8.23. The van der Waals surface area contributed by atoms with E-state index in [2.05, 4.69) is 6.07 Å². The average Bonchev–Trinajstić information content (AvgIpc) is 2.98. The van der Waals surface area contributed by atoms with E-state index in [4.69, 9.17) is 31.5 Å². The molecule has 0 amide bonds. The van der Waals surface area contributed by atoms with E-state index in [1.807, 2.05) is 13.8 Å². The monoisotopic (exact) mass is 372 g/mol. The maximum Gasteiger partial charge on any atom is 0.231 e. The molecule has 1 atom stereocenters. The molecule has 4 rings (SSSR count). The molecule has 0 aromatic heterocycles. The normalized spacial score (nSPS) is 23.5. The first-order valence-corrected chi connectivity index (χ1v) is 8.61. The first-order chi connectivity index (χ1) is 12.3. The highest BCUT2D eigenvalue weighted by Crippen LogP contribution is 2.50. The van der Waals surface area contributed by atoms with E-state index in [1.165, 1.54) is 0 Å². The molecule has 3 aliphatic rings. The van der Waals surface area contributed by atoms with Crippen molar-refractivity contribution in [2.24, 2.45) is 11.1 Å². The molecule has 0 saturated heterocycles. The van der Waals surface area contributed by atoms with Gasteiger partial charge in [0, 0.05) is 29.5 Å². The highest BCUT2D eigenvalue weighted by atomic mass is 35.5. The van der Waals surface area contributed by atoms with E-state index >= 15 is 0 Å².